The van der Waals surface area contributed by atoms with Crippen LogP contribution in [-0.2, 0) is 4.74 Å². The first-order valence-electron chi connectivity index (χ1n) is 9.43. The van der Waals surface area contributed by atoms with Gasteiger partial charge in [0.05, 0.1) is 19.3 Å². The van der Waals surface area contributed by atoms with Gasteiger partial charge in [-0.2, -0.15) is 0 Å². The molecule has 138 valence electrons. The van der Waals surface area contributed by atoms with E-state index in [4.69, 9.17) is 4.74 Å². The van der Waals surface area contributed by atoms with Crippen molar-refractivity contribution in [3.63, 3.8) is 0 Å². The number of carbonyl (C=O) groups is 1. The Morgan fingerprint density at radius 3 is 2.41 bits per heavy atom. The molecule has 1 unspecified atom stereocenters. The van der Waals surface area contributed by atoms with Crippen LogP contribution in [0.5, 0.6) is 0 Å². The van der Waals surface area contributed by atoms with Crippen molar-refractivity contribution < 1.29 is 9.53 Å². The summed E-state index contributed by atoms with van der Waals surface area (Å²) in [6, 6.07) is 22.3. The molecule has 1 fully saturated rings. The molecule has 1 aliphatic rings. The molecule has 0 bridgehead atoms. The lowest BCUT2D eigenvalue weighted by Gasteiger charge is -2.29. The van der Waals surface area contributed by atoms with E-state index in [2.05, 4.69) is 40.5 Å². The van der Waals surface area contributed by atoms with Gasteiger partial charge >= 0.3 is 0 Å². The van der Waals surface area contributed by atoms with Crippen LogP contribution in [0.2, 0.25) is 0 Å². The second kappa shape index (κ2) is 7.80. The summed E-state index contributed by atoms with van der Waals surface area (Å²) in [5.41, 5.74) is 2.99. The van der Waals surface area contributed by atoms with Gasteiger partial charge < -0.3 is 15.0 Å². The van der Waals surface area contributed by atoms with Crippen LogP contribution in [0.25, 0.3) is 10.8 Å². The number of anilines is 1. The lowest BCUT2D eigenvalue weighted by atomic mass is 10.0. The molecule has 0 aliphatic carbocycles. The zero-order valence-electron chi connectivity index (χ0n) is 15.5. The van der Waals surface area contributed by atoms with E-state index in [0.29, 0.717) is 5.56 Å². The number of hydrogen-bond donors (Lipinski definition) is 1. The number of benzene rings is 3. The van der Waals surface area contributed by atoms with Gasteiger partial charge in [0.25, 0.3) is 5.91 Å². The van der Waals surface area contributed by atoms with Crippen molar-refractivity contribution in [2.75, 3.05) is 31.2 Å². The van der Waals surface area contributed by atoms with Gasteiger partial charge in [-0.1, -0.05) is 42.5 Å². The third-order valence-corrected chi connectivity index (χ3v) is 5.13. The van der Waals surface area contributed by atoms with E-state index < -0.39 is 0 Å². The van der Waals surface area contributed by atoms with Gasteiger partial charge in [0, 0.05) is 24.3 Å². The summed E-state index contributed by atoms with van der Waals surface area (Å²) in [6.45, 7) is 5.42. The van der Waals surface area contributed by atoms with Gasteiger partial charge in [0.2, 0.25) is 0 Å². The number of hydrogen-bond acceptors (Lipinski definition) is 3. The number of fused-ring (bicyclic) bond motifs is 1. The highest BCUT2D eigenvalue weighted by Gasteiger charge is 2.14. The Morgan fingerprint density at radius 1 is 0.963 bits per heavy atom. The first kappa shape index (κ1) is 17.6. The fourth-order valence-corrected chi connectivity index (χ4v) is 3.49. The van der Waals surface area contributed by atoms with Gasteiger partial charge in [-0.25, -0.2) is 0 Å². The Balaban J connectivity index is 1.44. The Bertz CT molecular complexity index is 931. The molecule has 4 rings (SSSR count). The smallest absolute Gasteiger partial charge is 0.251 e. The van der Waals surface area contributed by atoms with Crippen LogP contribution in [0, 0.1) is 0 Å². The standard InChI is InChI=1S/C23H24N2O2/c1-17(18-8-10-22(11-9-18)25-12-14-27-15-13-25)24-23(26)21-7-6-19-4-2-3-5-20(19)16-21/h2-11,16-17H,12-15H2,1H3,(H,24,26). The van der Waals surface area contributed by atoms with E-state index in [9.17, 15) is 4.79 Å². The Morgan fingerprint density at radius 2 is 1.67 bits per heavy atom. The minimum Gasteiger partial charge on any atom is -0.378 e. The molecular formula is C23H24N2O2. The molecule has 1 atom stereocenters. The van der Waals surface area contributed by atoms with Crippen molar-refractivity contribution in [1.29, 1.82) is 0 Å². The summed E-state index contributed by atoms with van der Waals surface area (Å²) in [5.74, 6) is -0.0505. The summed E-state index contributed by atoms with van der Waals surface area (Å²) in [5, 5.41) is 5.32. The molecule has 3 aromatic rings. The topological polar surface area (TPSA) is 41.6 Å². The Labute approximate surface area is 159 Å². The van der Waals surface area contributed by atoms with Crippen LogP contribution in [0.4, 0.5) is 5.69 Å². The summed E-state index contributed by atoms with van der Waals surface area (Å²) in [4.78, 5) is 15.0. The summed E-state index contributed by atoms with van der Waals surface area (Å²) >= 11 is 0. The average molecular weight is 360 g/mol. The van der Waals surface area contributed by atoms with Crippen molar-refractivity contribution in [3.05, 3.63) is 77.9 Å². The molecular weight excluding hydrogens is 336 g/mol. The van der Waals surface area contributed by atoms with E-state index in [1.807, 2.05) is 43.3 Å². The number of nitrogens with zero attached hydrogens (tertiary/aromatic N) is 1. The van der Waals surface area contributed by atoms with Crippen molar-refractivity contribution in [1.82, 2.24) is 5.32 Å². The molecule has 27 heavy (non-hydrogen) atoms. The summed E-state index contributed by atoms with van der Waals surface area (Å²) in [7, 11) is 0. The predicted octanol–water partition coefficient (Wildman–Crippen LogP) is 4.17. The first-order chi connectivity index (χ1) is 13.2. The molecule has 1 amide bonds. The normalized spacial score (nSPS) is 15.5. The third-order valence-electron chi connectivity index (χ3n) is 5.13. The van der Waals surface area contributed by atoms with Crippen LogP contribution in [0.3, 0.4) is 0 Å². The maximum Gasteiger partial charge on any atom is 0.251 e. The molecule has 3 aromatic carbocycles. The van der Waals surface area contributed by atoms with Crippen LogP contribution in [-0.4, -0.2) is 32.2 Å². The monoisotopic (exact) mass is 360 g/mol. The number of ether oxygens (including phenoxy) is 1. The summed E-state index contributed by atoms with van der Waals surface area (Å²) < 4.78 is 5.41. The number of rotatable bonds is 4. The fraction of sp³-hybridized carbons (Fsp3) is 0.261. The minimum atomic E-state index is -0.0530. The van der Waals surface area contributed by atoms with Gasteiger partial charge in [0.1, 0.15) is 0 Å². The van der Waals surface area contributed by atoms with Crippen molar-refractivity contribution in [3.8, 4) is 0 Å². The molecule has 0 radical (unpaired) electrons. The lowest BCUT2D eigenvalue weighted by molar-refractivity contribution is 0.0940. The second-order valence-electron chi connectivity index (χ2n) is 6.95. The van der Waals surface area contributed by atoms with Gasteiger partial charge in [0.15, 0.2) is 0 Å². The molecule has 1 saturated heterocycles. The van der Waals surface area contributed by atoms with E-state index >= 15 is 0 Å². The molecule has 1 aliphatic heterocycles. The van der Waals surface area contributed by atoms with E-state index in [-0.39, 0.29) is 11.9 Å². The van der Waals surface area contributed by atoms with E-state index in [0.717, 1.165) is 42.6 Å². The molecule has 0 aromatic heterocycles. The number of amides is 1. The highest BCUT2D eigenvalue weighted by atomic mass is 16.5. The van der Waals surface area contributed by atoms with Crippen LogP contribution < -0.4 is 10.2 Å². The Kier molecular flexibility index (Phi) is 5.07. The third kappa shape index (κ3) is 3.96. The molecule has 4 heteroatoms. The number of carbonyl (C=O) groups excluding carboxylic acids is 1. The van der Waals surface area contributed by atoms with E-state index in [1.165, 1.54) is 5.69 Å². The van der Waals surface area contributed by atoms with Crippen LogP contribution >= 0.6 is 0 Å². The zero-order valence-corrected chi connectivity index (χ0v) is 15.5. The molecule has 0 saturated carbocycles. The fourth-order valence-electron chi connectivity index (χ4n) is 3.49. The SMILES string of the molecule is CC(NC(=O)c1ccc2ccccc2c1)c1ccc(N2CCOCC2)cc1. The molecule has 1 heterocycles. The van der Waals surface area contributed by atoms with Crippen molar-refractivity contribution in [2.24, 2.45) is 0 Å². The van der Waals surface area contributed by atoms with E-state index in [1.54, 1.807) is 0 Å². The highest BCUT2D eigenvalue weighted by molar-refractivity contribution is 5.98. The lowest BCUT2D eigenvalue weighted by Crippen LogP contribution is -2.36. The maximum absolute atomic E-state index is 12.7. The Hall–Kier alpha value is -2.85. The second-order valence-corrected chi connectivity index (χ2v) is 6.95. The molecule has 1 N–H and O–H groups in total. The van der Waals surface area contributed by atoms with Crippen molar-refractivity contribution in [2.45, 2.75) is 13.0 Å². The van der Waals surface area contributed by atoms with Gasteiger partial charge in [-0.15, -0.1) is 0 Å². The first-order valence-corrected chi connectivity index (χ1v) is 9.43. The quantitative estimate of drug-likeness (QED) is 0.759. The summed E-state index contributed by atoms with van der Waals surface area (Å²) in [6.07, 6.45) is 0. The minimum absolute atomic E-state index is 0.0505. The van der Waals surface area contributed by atoms with Gasteiger partial charge in [-0.3, -0.25) is 4.79 Å². The van der Waals surface area contributed by atoms with Crippen LogP contribution in [0.15, 0.2) is 66.7 Å². The molecule has 4 nitrogen and oxygen atoms in total. The van der Waals surface area contributed by atoms with Crippen LogP contribution in [0.1, 0.15) is 28.9 Å². The number of morpholine rings is 1. The largest absolute Gasteiger partial charge is 0.378 e. The average Bonchev–Trinajstić information content (AvgIpc) is 2.74. The number of nitrogens with one attached hydrogen (secondary N) is 1. The predicted molar refractivity (Wildman–Crippen MR) is 109 cm³/mol. The maximum atomic E-state index is 12.7. The highest BCUT2D eigenvalue weighted by Crippen LogP contribution is 2.21. The molecule has 0 spiro atoms. The van der Waals surface area contributed by atoms with Gasteiger partial charge in [-0.05, 0) is 47.5 Å². The van der Waals surface area contributed by atoms with Crippen molar-refractivity contribution >= 4 is 22.4 Å². The zero-order chi connectivity index (χ0) is 18.6.